The van der Waals surface area contributed by atoms with Gasteiger partial charge >= 0.3 is 0 Å². The van der Waals surface area contributed by atoms with Gasteiger partial charge in [0.15, 0.2) is 11.6 Å². The number of aryl methyl sites for hydroxylation is 1. The molecule has 3 aliphatic rings. The van der Waals surface area contributed by atoms with Gasteiger partial charge in [0.1, 0.15) is 0 Å². The fourth-order valence-electron chi connectivity index (χ4n) is 4.91. The summed E-state index contributed by atoms with van der Waals surface area (Å²) in [5.74, 6) is 1.66. The summed E-state index contributed by atoms with van der Waals surface area (Å²) in [6, 6.07) is 9.47. The standard InChI is InChI=1S/C23H30N6O3S/c1-17-4-2-3-11-29(17)22-9-8-21(25-26-22)27-12-14-28(15-13-27)33(31,32)19-6-7-20-18(16-19)5-10-23(30)24-20/h6-9,16-17H,2-5,10-15H2,1H3,(H,24,30). The zero-order chi connectivity index (χ0) is 23.0. The number of nitrogens with zero attached hydrogens (tertiary/aromatic N) is 5. The van der Waals surface area contributed by atoms with E-state index in [9.17, 15) is 13.2 Å². The third-order valence-electron chi connectivity index (χ3n) is 6.91. The summed E-state index contributed by atoms with van der Waals surface area (Å²) in [7, 11) is -3.59. The van der Waals surface area contributed by atoms with Crippen molar-refractivity contribution in [2.24, 2.45) is 0 Å². The minimum Gasteiger partial charge on any atom is -0.352 e. The highest BCUT2D eigenvalue weighted by Gasteiger charge is 2.30. The predicted molar refractivity (Wildman–Crippen MR) is 127 cm³/mol. The molecule has 2 fully saturated rings. The number of carbonyl (C=O) groups is 1. The number of hydrogen-bond donors (Lipinski definition) is 1. The van der Waals surface area contributed by atoms with Crippen molar-refractivity contribution < 1.29 is 13.2 Å². The van der Waals surface area contributed by atoms with E-state index in [2.05, 4.69) is 32.2 Å². The summed E-state index contributed by atoms with van der Waals surface area (Å²) >= 11 is 0. The molecule has 2 aromatic rings. The van der Waals surface area contributed by atoms with Crippen LogP contribution in [0.15, 0.2) is 35.2 Å². The highest BCUT2D eigenvalue weighted by Crippen LogP contribution is 2.28. The van der Waals surface area contributed by atoms with Gasteiger partial charge in [-0.25, -0.2) is 8.42 Å². The molecule has 3 aliphatic heterocycles. The molecule has 0 bridgehead atoms. The smallest absolute Gasteiger partial charge is 0.243 e. The van der Waals surface area contributed by atoms with Gasteiger partial charge in [-0.2, -0.15) is 4.31 Å². The van der Waals surface area contributed by atoms with Crippen molar-refractivity contribution in [3.8, 4) is 0 Å². The molecule has 1 amide bonds. The first-order valence-electron chi connectivity index (χ1n) is 11.7. The number of hydrogen-bond acceptors (Lipinski definition) is 7. The third-order valence-corrected chi connectivity index (χ3v) is 8.80. The molecule has 1 aromatic carbocycles. The molecule has 0 spiro atoms. The van der Waals surface area contributed by atoms with Crippen LogP contribution in [0, 0.1) is 0 Å². The fourth-order valence-corrected chi connectivity index (χ4v) is 6.38. The summed E-state index contributed by atoms with van der Waals surface area (Å²) in [5.41, 5.74) is 1.57. The Balaban J connectivity index is 1.24. The molecule has 5 rings (SSSR count). The molecular weight excluding hydrogens is 440 g/mol. The van der Waals surface area contributed by atoms with Crippen molar-refractivity contribution >= 4 is 33.3 Å². The molecule has 9 nitrogen and oxygen atoms in total. The Kier molecular flexibility index (Phi) is 5.96. The number of nitrogens with one attached hydrogen (secondary N) is 1. The minimum absolute atomic E-state index is 0.0317. The molecular formula is C23H30N6O3S. The molecule has 1 unspecified atom stereocenters. The van der Waals surface area contributed by atoms with Gasteiger partial charge in [-0.3, -0.25) is 4.79 Å². The average Bonchev–Trinajstić information content (AvgIpc) is 2.84. The lowest BCUT2D eigenvalue weighted by Crippen LogP contribution is -2.49. The van der Waals surface area contributed by atoms with Crippen LogP contribution < -0.4 is 15.1 Å². The second kappa shape index (κ2) is 8.90. The number of sulfonamides is 1. The van der Waals surface area contributed by atoms with Crippen molar-refractivity contribution in [3.05, 3.63) is 35.9 Å². The second-order valence-electron chi connectivity index (χ2n) is 9.05. The normalized spacial score (nSPS) is 22.1. The van der Waals surface area contributed by atoms with E-state index in [1.807, 2.05) is 12.1 Å². The van der Waals surface area contributed by atoms with Crippen LogP contribution in [-0.2, 0) is 21.2 Å². The molecule has 2 saturated heterocycles. The van der Waals surface area contributed by atoms with Crippen molar-refractivity contribution in [2.75, 3.05) is 47.8 Å². The third kappa shape index (κ3) is 4.41. The largest absolute Gasteiger partial charge is 0.352 e. The van der Waals surface area contributed by atoms with E-state index in [4.69, 9.17) is 0 Å². The van der Waals surface area contributed by atoms with Gasteiger partial charge in [0.25, 0.3) is 0 Å². The van der Waals surface area contributed by atoms with Gasteiger partial charge in [0, 0.05) is 50.9 Å². The van der Waals surface area contributed by atoms with Crippen LogP contribution in [0.2, 0.25) is 0 Å². The lowest BCUT2D eigenvalue weighted by atomic mass is 10.0. The lowest BCUT2D eigenvalue weighted by Gasteiger charge is -2.36. The van der Waals surface area contributed by atoms with E-state index in [0.29, 0.717) is 50.7 Å². The predicted octanol–water partition coefficient (Wildman–Crippen LogP) is 2.25. The summed E-state index contributed by atoms with van der Waals surface area (Å²) in [6.45, 7) is 5.15. The monoisotopic (exact) mass is 470 g/mol. The van der Waals surface area contributed by atoms with Crippen LogP contribution in [-0.4, -0.2) is 67.6 Å². The maximum atomic E-state index is 13.2. The molecule has 4 heterocycles. The summed E-state index contributed by atoms with van der Waals surface area (Å²) in [4.78, 5) is 16.2. The molecule has 33 heavy (non-hydrogen) atoms. The Hall–Kier alpha value is -2.72. The Labute approximate surface area is 194 Å². The summed E-state index contributed by atoms with van der Waals surface area (Å²) in [6.07, 6.45) is 4.56. The first-order chi connectivity index (χ1) is 15.9. The molecule has 0 radical (unpaired) electrons. The Morgan fingerprint density at radius 1 is 0.939 bits per heavy atom. The maximum Gasteiger partial charge on any atom is 0.243 e. The highest BCUT2D eigenvalue weighted by molar-refractivity contribution is 7.89. The number of benzene rings is 1. The number of aromatic nitrogens is 2. The second-order valence-corrected chi connectivity index (χ2v) is 11.0. The topological polar surface area (TPSA) is 98.7 Å². The zero-order valence-corrected chi connectivity index (χ0v) is 19.7. The number of rotatable bonds is 4. The zero-order valence-electron chi connectivity index (χ0n) is 18.9. The number of carbonyl (C=O) groups excluding carboxylic acids is 1. The molecule has 1 aromatic heterocycles. The fraction of sp³-hybridized carbons (Fsp3) is 0.522. The van der Waals surface area contributed by atoms with Crippen molar-refractivity contribution in [3.63, 3.8) is 0 Å². The number of piperidine rings is 1. The van der Waals surface area contributed by atoms with Crippen LogP contribution in [0.25, 0.3) is 0 Å². The Bertz CT molecular complexity index is 1130. The summed E-state index contributed by atoms with van der Waals surface area (Å²) < 4.78 is 28.0. The lowest BCUT2D eigenvalue weighted by molar-refractivity contribution is -0.116. The number of fused-ring (bicyclic) bond motifs is 1. The molecule has 176 valence electrons. The van der Waals surface area contributed by atoms with Crippen LogP contribution in [0.4, 0.5) is 17.3 Å². The van der Waals surface area contributed by atoms with E-state index < -0.39 is 10.0 Å². The van der Waals surface area contributed by atoms with E-state index in [1.165, 1.54) is 23.6 Å². The van der Waals surface area contributed by atoms with Crippen LogP contribution >= 0.6 is 0 Å². The molecule has 0 aliphatic carbocycles. The molecule has 0 saturated carbocycles. The number of piperazine rings is 1. The van der Waals surface area contributed by atoms with Gasteiger partial charge in [-0.15, -0.1) is 10.2 Å². The maximum absolute atomic E-state index is 13.2. The SMILES string of the molecule is CC1CCCCN1c1ccc(N2CCN(S(=O)(=O)c3ccc4c(c3)CCC(=O)N4)CC2)nn1. The van der Waals surface area contributed by atoms with E-state index in [1.54, 1.807) is 18.2 Å². The van der Waals surface area contributed by atoms with Gasteiger partial charge in [0.05, 0.1) is 4.90 Å². The first-order valence-corrected chi connectivity index (χ1v) is 13.1. The Morgan fingerprint density at radius 3 is 2.42 bits per heavy atom. The number of anilines is 3. The van der Waals surface area contributed by atoms with E-state index in [-0.39, 0.29) is 10.8 Å². The molecule has 10 heteroatoms. The van der Waals surface area contributed by atoms with Crippen molar-refractivity contribution in [2.45, 2.75) is 50.0 Å². The van der Waals surface area contributed by atoms with Crippen molar-refractivity contribution in [1.29, 1.82) is 0 Å². The first kappa shape index (κ1) is 22.1. The average molecular weight is 471 g/mol. The minimum atomic E-state index is -3.59. The quantitative estimate of drug-likeness (QED) is 0.732. The van der Waals surface area contributed by atoms with Gasteiger partial charge in [-0.1, -0.05) is 0 Å². The summed E-state index contributed by atoms with van der Waals surface area (Å²) in [5, 5.41) is 11.7. The Morgan fingerprint density at radius 2 is 1.70 bits per heavy atom. The van der Waals surface area contributed by atoms with Gasteiger partial charge in [0.2, 0.25) is 15.9 Å². The molecule has 1 N–H and O–H groups in total. The van der Waals surface area contributed by atoms with E-state index >= 15 is 0 Å². The molecule has 1 atom stereocenters. The number of amides is 1. The highest BCUT2D eigenvalue weighted by atomic mass is 32.2. The van der Waals surface area contributed by atoms with E-state index in [0.717, 1.165) is 23.7 Å². The van der Waals surface area contributed by atoms with Crippen LogP contribution in [0.1, 0.15) is 38.2 Å². The van der Waals surface area contributed by atoms with Crippen LogP contribution in [0.3, 0.4) is 0 Å². The van der Waals surface area contributed by atoms with Gasteiger partial charge < -0.3 is 15.1 Å². The van der Waals surface area contributed by atoms with Gasteiger partial charge in [-0.05, 0) is 68.5 Å². The van der Waals surface area contributed by atoms with Crippen LogP contribution in [0.5, 0.6) is 0 Å². The van der Waals surface area contributed by atoms with Crippen molar-refractivity contribution in [1.82, 2.24) is 14.5 Å².